The average Bonchev–Trinajstić information content (AvgIpc) is 2.74. The molecule has 6 nitrogen and oxygen atoms in total. The number of rotatable bonds is 6. The van der Waals surface area contributed by atoms with E-state index in [4.69, 9.17) is 17.0 Å². The number of anilines is 1. The Kier molecular flexibility index (Phi) is 7.02. The van der Waals surface area contributed by atoms with Crippen LogP contribution in [0.1, 0.15) is 42.7 Å². The summed E-state index contributed by atoms with van der Waals surface area (Å²) in [6.45, 7) is 6.47. The Bertz CT molecular complexity index is 1020. The minimum absolute atomic E-state index is 0.271. The molecule has 1 heterocycles. The number of thiocarbonyl (C=S) groups is 1. The molecule has 162 valence electrons. The van der Waals surface area contributed by atoms with Gasteiger partial charge in [0.1, 0.15) is 5.82 Å². The highest BCUT2D eigenvalue weighted by atomic mass is 32.1. The van der Waals surface area contributed by atoms with E-state index in [1.165, 1.54) is 24.3 Å². The van der Waals surface area contributed by atoms with E-state index in [2.05, 4.69) is 10.6 Å². The molecule has 1 atom stereocenters. The lowest BCUT2D eigenvalue weighted by molar-refractivity contribution is -0.139. The van der Waals surface area contributed by atoms with Crippen LogP contribution in [0, 0.1) is 5.82 Å². The molecule has 3 rings (SSSR count). The molecule has 1 aliphatic heterocycles. The molecular formula is C23H24FN3O3S. The van der Waals surface area contributed by atoms with Gasteiger partial charge in [-0.3, -0.25) is 4.79 Å². The van der Waals surface area contributed by atoms with Crippen molar-refractivity contribution < 1.29 is 18.7 Å². The van der Waals surface area contributed by atoms with Gasteiger partial charge in [0, 0.05) is 23.5 Å². The number of esters is 1. The largest absolute Gasteiger partial charge is 0.463 e. The first kappa shape index (κ1) is 22.4. The number of amides is 1. The first-order valence-corrected chi connectivity index (χ1v) is 10.4. The van der Waals surface area contributed by atoms with Crippen LogP contribution in [0.25, 0.3) is 0 Å². The van der Waals surface area contributed by atoms with E-state index >= 15 is 0 Å². The summed E-state index contributed by atoms with van der Waals surface area (Å²) in [5, 5.41) is 6.53. The predicted octanol–water partition coefficient (Wildman–Crippen LogP) is 4.17. The van der Waals surface area contributed by atoms with Crippen LogP contribution in [0.4, 0.5) is 10.1 Å². The Labute approximate surface area is 186 Å². The van der Waals surface area contributed by atoms with Gasteiger partial charge in [0.25, 0.3) is 5.91 Å². The van der Waals surface area contributed by atoms with Crippen molar-refractivity contribution in [3.8, 4) is 0 Å². The number of nitrogens with one attached hydrogen (secondary N) is 2. The van der Waals surface area contributed by atoms with Crippen molar-refractivity contribution in [1.29, 1.82) is 0 Å². The normalized spacial score (nSPS) is 16.1. The van der Waals surface area contributed by atoms with Gasteiger partial charge >= 0.3 is 5.97 Å². The average molecular weight is 442 g/mol. The van der Waals surface area contributed by atoms with Gasteiger partial charge in [-0.1, -0.05) is 12.1 Å². The monoisotopic (exact) mass is 441 g/mol. The zero-order chi connectivity index (χ0) is 22.5. The number of carbonyl (C=O) groups excluding carboxylic acids is 2. The molecule has 1 unspecified atom stereocenters. The predicted molar refractivity (Wildman–Crippen MR) is 121 cm³/mol. The second-order valence-electron chi connectivity index (χ2n) is 6.93. The number of nitrogens with zero attached hydrogens (tertiary/aromatic N) is 1. The molecular weight excluding hydrogens is 417 g/mol. The molecule has 2 N–H and O–H groups in total. The minimum Gasteiger partial charge on any atom is -0.463 e. The number of allylic oxidation sites excluding steroid dienone is 1. The third kappa shape index (κ3) is 4.91. The highest BCUT2D eigenvalue weighted by molar-refractivity contribution is 7.80. The van der Waals surface area contributed by atoms with Gasteiger partial charge < -0.3 is 20.3 Å². The van der Waals surface area contributed by atoms with E-state index in [0.717, 1.165) is 11.3 Å². The molecule has 0 radical (unpaired) electrons. The number of carbonyl (C=O) groups is 2. The first-order valence-electron chi connectivity index (χ1n) is 9.98. The molecule has 0 aromatic heterocycles. The summed E-state index contributed by atoms with van der Waals surface area (Å²) < 4.78 is 18.3. The Morgan fingerprint density at radius 2 is 1.77 bits per heavy atom. The third-order valence-corrected chi connectivity index (χ3v) is 5.35. The van der Waals surface area contributed by atoms with Gasteiger partial charge in [0.15, 0.2) is 5.11 Å². The van der Waals surface area contributed by atoms with E-state index in [9.17, 15) is 14.0 Å². The smallest absolute Gasteiger partial charge is 0.338 e. The Balaban J connectivity index is 1.85. The molecule has 0 saturated carbocycles. The van der Waals surface area contributed by atoms with Crippen LogP contribution in [-0.4, -0.2) is 35.0 Å². The van der Waals surface area contributed by atoms with E-state index in [1.807, 2.05) is 30.9 Å². The maximum atomic E-state index is 13.1. The standard InChI is InChI=1S/C23H24FN3O3S/c1-4-27-14(3)19(22(29)30-5-2)20(26-23(27)31)15-8-12-18(13-9-15)25-21(28)16-6-10-17(24)11-7-16/h6-13,20H,4-5H2,1-3H3,(H,25,28)(H,26,31). The third-order valence-electron chi connectivity index (χ3n) is 5.02. The molecule has 0 saturated heterocycles. The molecule has 0 spiro atoms. The lowest BCUT2D eigenvalue weighted by atomic mass is 9.95. The highest BCUT2D eigenvalue weighted by Crippen LogP contribution is 2.32. The maximum Gasteiger partial charge on any atom is 0.338 e. The zero-order valence-electron chi connectivity index (χ0n) is 17.6. The van der Waals surface area contributed by atoms with Crippen LogP contribution in [0.3, 0.4) is 0 Å². The van der Waals surface area contributed by atoms with Crippen LogP contribution in [0.2, 0.25) is 0 Å². The van der Waals surface area contributed by atoms with E-state index in [1.54, 1.807) is 19.1 Å². The topological polar surface area (TPSA) is 70.7 Å². The summed E-state index contributed by atoms with van der Waals surface area (Å²) in [4.78, 5) is 26.9. The summed E-state index contributed by atoms with van der Waals surface area (Å²) in [6, 6.07) is 12.0. The number of hydrogen-bond donors (Lipinski definition) is 2. The fourth-order valence-corrected chi connectivity index (χ4v) is 3.83. The van der Waals surface area contributed by atoms with Gasteiger partial charge in [-0.05, 0) is 75.0 Å². The van der Waals surface area contributed by atoms with Crippen molar-refractivity contribution >= 4 is 34.9 Å². The molecule has 0 aliphatic carbocycles. The van der Waals surface area contributed by atoms with Crippen LogP contribution in [-0.2, 0) is 9.53 Å². The summed E-state index contributed by atoms with van der Waals surface area (Å²) in [6.07, 6.45) is 0. The fourth-order valence-electron chi connectivity index (χ4n) is 3.45. The second kappa shape index (κ2) is 9.70. The molecule has 8 heteroatoms. The van der Waals surface area contributed by atoms with Gasteiger partial charge in [-0.25, -0.2) is 9.18 Å². The summed E-state index contributed by atoms with van der Waals surface area (Å²) in [5.74, 6) is -1.14. The quantitative estimate of drug-likeness (QED) is 0.518. The summed E-state index contributed by atoms with van der Waals surface area (Å²) >= 11 is 5.48. The van der Waals surface area contributed by atoms with Gasteiger partial charge in [-0.15, -0.1) is 0 Å². The number of hydrogen-bond acceptors (Lipinski definition) is 4. The maximum absolute atomic E-state index is 13.1. The van der Waals surface area contributed by atoms with Crippen molar-refractivity contribution in [3.63, 3.8) is 0 Å². The van der Waals surface area contributed by atoms with Crippen LogP contribution in [0.15, 0.2) is 59.8 Å². The minimum atomic E-state index is -0.462. The second-order valence-corrected chi connectivity index (χ2v) is 7.32. The number of halogens is 1. The van der Waals surface area contributed by atoms with Gasteiger partial charge in [0.05, 0.1) is 18.2 Å². The van der Waals surface area contributed by atoms with Crippen molar-refractivity contribution in [1.82, 2.24) is 10.2 Å². The van der Waals surface area contributed by atoms with Crippen molar-refractivity contribution in [2.24, 2.45) is 0 Å². The van der Waals surface area contributed by atoms with Crippen molar-refractivity contribution in [2.45, 2.75) is 26.8 Å². The van der Waals surface area contributed by atoms with Crippen molar-refractivity contribution in [3.05, 3.63) is 76.7 Å². The molecule has 1 aliphatic rings. The summed E-state index contributed by atoms with van der Waals surface area (Å²) in [5.41, 5.74) is 2.99. The number of ether oxygens (including phenoxy) is 1. The van der Waals surface area contributed by atoms with E-state index in [-0.39, 0.29) is 12.5 Å². The highest BCUT2D eigenvalue weighted by Gasteiger charge is 2.34. The lowest BCUT2D eigenvalue weighted by Gasteiger charge is -2.37. The SMILES string of the molecule is CCOC(=O)C1=C(C)N(CC)C(=S)NC1c1ccc(NC(=O)c2ccc(F)cc2)cc1. The van der Waals surface area contributed by atoms with Crippen LogP contribution < -0.4 is 10.6 Å². The first-order chi connectivity index (χ1) is 14.8. The van der Waals surface area contributed by atoms with Crippen LogP contribution in [0.5, 0.6) is 0 Å². The molecule has 0 bridgehead atoms. The Morgan fingerprint density at radius 1 is 1.13 bits per heavy atom. The molecule has 2 aromatic carbocycles. The van der Waals surface area contributed by atoms with Gasteiger partial charge in [0.2, 0.25) is 0 Å². The van der Waals surface area contributed by atoms with Gasteiger partial charge in [-0.2, -0.15) is 0 Å². The number of benzene rings is 2. The lowest BCUT2D eigenvalue weighted by Crippen LogP contribution is -2.47. The van der Waals surface area contributed by atoms with Crippen molar-refractivity contribution in [2.75, 3.05) is 18.5 Å². The molecule has 0 fully saturated rings. The van der Waals surface area contributed by atoms with E-state index < -0.39 is 17.8 Å². The zero-order valence-corrected chi connectivity index (χ0v) is 18.4. The Morgan fingerprint density at radius 3 is 2.35 bits per heavy atom. The molecule has 1 amide bonds. The van der Waals surface area contributed by atoms with Crippen LogP contribution >= 0.6 is 12.2 Å². The molecule has 31 heavy (non-hydrogen) atoms. The summed E-state index contributed by atoms with van der Waals surface area (Å²) in [7, 11) is 0. The Hall–Kier alpha value is -3.26. The van der Waals surface area contributed by atoms with E-state index in [0.29, 0.717) is 28.5 Å². The fraction of sp³-hybridized carbons (Fsp3) is 0.261. The molecule has 2 aromatic rings.